The summed E-state index contributed by atoms with van der Waals surface area (Å²) in [5, 5.41) is 12.6. The van der Waals surface area contributed by atoms with Gasteiger partial charge in [0.15, 0.2) is 0 Å². The normalized spacial score (nSPS) is 10.4. The van der Waals surface area contributed by atoms with Gasteiger partial charge in [0, 0.05) is 16.8 Å². The van der Waals surface area contributed by atoms with Crippen LogP contribution >= 0.6 is 0 Å². The molecule has 2 aromatic carbocycles. The van der Waals surface area contributed by atoms with Gasteiger partial charge in [-0.1, -0.05) is 17.7 Å². The number of aryl methyl sites for hydroxylation is 3. The molecule has 132 valence electrons. The van der Waals surface area contributed by atoms with E-state index < -0.39 is 0 Å². The predicted octanol–water partition coefficient (Wildman–Crippen LogP) is 3.84. The molecule has 0 radical (unpaired) electrons. The maximum atomic E-state index is 12.4. The molecule has 0 aliphatic carbocycles. The summed E-state index contributed by atoms with van der Waals surface area (Å²) in [7, 11) is 0. The van der Waals surface area contributed by atoms with Gasteiger partial charge in [0.1, 0.15) is 0 Å². The molecular formula is C20H20N4O2. The van der Waals surface area contributed by atoms with E-state index in [0.29, 0.717) is 22.5 Å². The Labute approximate surface area is 151 Å². The van der Waals surface area contributed by atoms with Crippen molar-refractivity contribution in [2.24, 2.45) is 0 Å². The summed E-state index contributed by atoms with van der Waals surface area (Å²) < 4.78 is 0. The lowest BCUT2D eigenvalue weighted by Gasteiger charge is -2.08. The van der Waals surface area contributed by atoms with Crippen molar-refractivity contribution in [1.82, 2.24) is 10.2 Å². The van der Waals surface area contributed by atoms with Gasteiger partial charge >= 0.3 is 0 Å². The average molecular weight is 348 g/mol. The molecular weight excluding hydrogens is 328 g/mol. The number of nitrogens with one attached hydrogen (secondary N) is 3. The van der Waals surface area contributed by atoms with Gasteiger partial charge in [-0.25, -0.2) is 0 Å². The van der Waals surface area contributed by atoms with Crippen LogP contribution in [0.1, 0.15) is 37.7 Å². The first-order valence-corrected chi connectivity index (χ1v) is 8.25. The third kappa shape index (κ3) is 3.80. The van der Waals surface area contributed by atoms with Crippen LogP contribution in [0.25, 0.3) is 0 Å². The number of carbonyl (C=O) groups is 2. The van der Waals surface area contributed by atoms with Crippen LogP contribution in [-0.4, -0.2) is 22.0 Å². The van der Waals surface area contributed by atoms with Crippen LogP contribution in [-0.2, 0) is 0 Å². The molecule has 3 N–H and O–H groups in total. The number of hydrogen-bond donors (Lipinski definition) is 3. The van der Waals surface area contributed by atoms with Crippen LogP contribution in [0.4, 0.5) is 11.4 Å². The van der Waals surface area contributed by atoms with E-state index in [9.17, 15) is 9.59 Å². The predicted molar refractivity (Wildman–Crippen MR) is 102 cm³/mol. The molecule has 26 heavy (non-hydrogen) atoms. The maximum Gasteiger partial charge on any atom is 0.255 e. The number of H-pyrrole nitrogens is 1. The number of hydrogen-bond acceptors (Lipinski definition) is 3. The first-order chi connectivity index (χ1) is 12.4. The molecule has 1 aromatic heterocycles. The third-order valence-electron chi connectivity index (χ3n) is 4.05. The van der Waals surface area contributed by atoms with Crippen LogP contribution in [0.5, 0.6) is 0 Å². The summed E-state index contributed by atoms with van der Waals surface area (Å²) in [6, 6.07) is 14.1. The van der Waals surface area contributed by atoms with Gasteiger partial charge < -0.3 is 10.6 Å². The second-order valence-electron chi connectivity index (χ2n) is 6.16. The number of rotatable bonds is 4. The number of benzene rings is 2. The van der Waals surface area contributed by atoms with Gasteiger partial charge in [0.25, 0.3) is 11.8 Å². The molecule has 0 bridgehead atoms. The van der Waals surface area contributed by atoms with E-state index in [-0.39, 0.29) is 11.8 Å². The molecule has 6 nitrogen and oxygen atoms in total. The topological polar surface area (TPSA) is 86.9 Å². The van der Waals surface area contributed by atoms with Crippen LogP contribution in [0.2, 0.25) is 0 Å². The van der Waals surface area contributed by atoms with Gasteiger partial charge in [-0.15, -0.1) is 0 Å². The highest BCUT2D eigenvalue weighted by Gasteiger charge is 2.12. The van der Waals surface area contributed by atoms with Crippen molar-refractivity contribution in [2.75, 3.05) is 10.6 Å². The molecule has 0 saturated carbocycles. The van der Waals surface area contributed by atoms with Crippen LogP contribution < -0.4 is 10.6 Å². The summed E-state index contributed by atoms with van der Waals surface area (Å²) in [6.45, 7) is 5.61. The van der Waals surface area contributed by atoms with Gasteiger partial charge in [0.2, 0.25) is 0 Å². The molecule has 2 amide bonds. The van der Waals surface area contributed by atoms with Crippen molar-refractivity contribution in [3.63, 3.8) is 0 Å². The molecule has 1 heterocycles. The molecule has 0 unspecified atom stereocenters. The van der Waals surface area contributed by atoms with E-state index in [1.165, 1.54) is 0 Å². The van der Waals surface area contributed by atoms with Gasteiger partial charge in [-0.2, -0.15) is 5.10 Å². The van der Waals surface area contributed by atoms with Crippen molar-refractivity contribution >= 4 is 23.2 Å². The molecule has 0 aliphatic rings. The number of amides is 2. The summed E-state index contributed by atoms with van der Waals surface area (Å²) in [5.41, 5.74) is 4.97. The zero-order chi connectivity index (χ0) is 18.7. The monoisotopic (exact) mass is 348 g/mol. The molecule has 0 atom stereocenters. The molecule has 6 heteroatoms. The Morgan fingerprint density at radius 1 is 0.885 bits per heavy atom. The quantitative estimate of drug-likeness (QED) is 0.669. The summed E-state index contributed by atoms with van der Waals surface area (Å²) in [6.07, 6.45) is 0. The lowest BCUT2D eigenvalue weighted by atomic mass is 10.1. The smallest absolute Gasteiger partial charge is 0.255 e. The van der Waals surface area contributed by atoms with E-state index in [1.807, 2.05) is 39.0 Å². The first kappa shape index (κ1) is 17.4. The third-order valence-corrected chi connectivity index (χ3v) is 4.05. The minimum absolute atomic E-state index is 0.185. The van der Waals surface area contributed by atoms with Crippen molar-refractivity contribution < 1.29 is 9.59 Å². The zero-order valence-electron chi connectivity index (χ0n) is 14.9. The van der Waals surface area contributed by atoms with Crippen molar-refractivity contribution in [3.05, 3.63) is 76.6 Å². The van der Waals surface area contributed by atoms with Crippen molar-refractivity contribution in [2.45, 2.75) is 20.8 Å². The Bertz CT molecular complexity index is 939. The Balaban J connectivity index is 1.68. The van der Waals surface area contributed by atoms with E-state index in [0.717, 1.165) is 17.0 Å². The number of nitrogens with zero attached hydrogens (tertiary/aromatic N) is 1. The summed E-state index contributed by atoms with van der Waals surface area (Å²) >= 11 is 0. The molecule has 3 aromatic rings. The highest BCUT2D eigenvalue weighted by Crippen LogP contribution is 2.18. The summed E-state index contributed by atoms with van der Waals surface area (Å²) in [4.78, 5) is 24.6. The van der Waals surface area contributed by atoms with E-state index in [4.69, 9.17) is 0 Å². The van der Waals surface area contributed by atoms with E-state index >= 15 is 0 Å². The fourth-order valence-corrected chi connectivity index (χ4v) is 2.62. The van der Waals surface area contributed by atoms with Crippen LogP contribution in [0.15, 0.2) is 48.5 Å². The highest BCUT2D eigenvalue weighted by molar-refractivity contribution is 6.06. The Kier molecular flexibility index (Phi) is 4.84. The Hall–Kier alpha value is -3.41. The minimum atomic E-state index is -0.228. The molecule has 0 aliphatic heterocycles. The minimum Gasteiger partial charge on any atom is -0.322 e. The van der Waals surface area contributed by atoms with E-state index in [1.54, 1.807) is 30.3 Å². The van der Waals surface area contributed by atoms with Gasteiger partial charge in [-0.05, 0) is 57.2 Å². The van der Waals surface area contributed by atoms with Crippen molar-refractivity contribution in [1.29, 1.82) is 0 Å². The van der Waals surface area contributed by atoms with Crippen molar-refractivity contribution in [3.8, 4) is 0 Å². The Morgan fingerprint density at radius 2 is 1.58 bits per heavy atom. The number of aromatic amines is 1. The number of anilines is 2. The summed E-state index contributed by atoms with van der Waals surface area (Å²) in [5.74, 6) is -0.412. The second kappa shape index (κ2) is 7.23. The standard InChI is InChI=1S/C20H20N4O2/c1-12-5-4-6-16(11-12)20(26)21-17-9-7-15(8-10-17)19(25)22-18-13(2)23-24-14(18)3/h4-11H,1-3H3,(H,21,26)(H,22,25)(H,23,24). The molecule has 3 rings (SSSR count). The van der Waals surface area contributed by atoms with Crippen LogP contribution in [0.3, 0.4) is 0 Å². The SMILES string of the molecule is Cc1cccc(C(=O)Nc2ccc(C(=O)Nc3c(C)n[nH]c3C)cc2)c1. The second-order valence-corrected chi connectivity index (χ2v) is 6.16. The van der Waals surface area contributed by atoms with Gasteiger partial charge in [0.05, 0.1) is 17.1 Å². The highest BCUT2D eigenvalue weighted by atomic mass is 16.2. The van der Waals surface area contributed by atoms with E-state index in [2.05, 4.69) is 20.8 Å². The fraction of sp³-hybridized carbons (Fsp3) is 0.150. The number of aromatic nitrogens is 2. The molecule has 0 spiro atoms. The fourth-order valence-electron chi connectivity index (χ4n) is 2.62. The average Bonchev–Trinajstić information content (AvgIpc) is 2.94. The lowest BCUT2D eigenvalue weighted by molar-refractivity contribution is 0.102. The maximum absolute atomic E-state index is 12.4. The van der Waals surface area contributed by atoms with Crippen LogP contribution in [0, 0.1) is 20.8 Å². The Morgan fingerprint density at radius 3 is 2.19 bits per heavy atom. The largest absolute Gasteiger partial charge is 0.322 e. The lowest BCUT2D eigenvalue weighted by Crippen LogP contribution is -2.14. The van der Waals surface area contributed by atoms with Gasteiger partial charge in [-0.3, -0.25) is 14.7 Å². The molecule has 0 fully saturated rings. The first-order valence-electron chi connectivity index (χ1n) is 8.25. The molecule has 0 saturated heterocycles. The zero-order valence-corrected chi connectivity index (χ0v) is 14.9. The number of carbonyl (C=O) groups excluding carboxylic acids is 2.